The average molecular weight is 309 g/mol. The first-order valence-corrected chi connectivity index (χ1v) is 7.72. The van der Waals surface area contributed by atoms with Gasteiger partial charge in [-0.2, -0.15) is 4.98 Å². The van der Waals surface area contributed by atoms with Crippen molar-refractivity contribution < 1.29 is 9.53 Å². The van der Waals surface area contributed by atoms with Gasteiger partial charge in [0, 0.05) is 28.6 Å². The SMILES string of the molecule is CCc1c(OC)nc2nc(-c3ccccc3C=O)cn2c1CC. The van der Waals surface area contributed by atoms with Gasteiger partial charge in [0.2, 0.25) is 11.7 Å². The fraction of sp³-hybridized carbons (Fsp3) is 0.278. The molecule has 0 fully saturated rings. The lowest BCUT2D eigenvalue weighted by atomic mass is 10.1. The summed E-state index contributed by atoms with van der Waals surface area (Å²) in [5, 5.41) is 0. The Morgan fingerprint density at radius 3 is 2.61 bits per heavy atom. The molecule has 0 bridgehead atoms. The second-order valence-corrected chi connectivity index (χ2v) is 5.25. The Labute approximate surface area is 135 Å². The number of aryl methyl sites for hydroxylation is 1. The predicted octanol–water partition coefficient (Wildman–Crippen LogP) is 3.34. The van der Waals surface area contributed by atoms with Crippen molar-refractivity contribution in [3.8, 4) is 17.1 Å². The molecule has 23 heavy (non-hydrogen) atoms. The van der Waals surface area contributed by atoms with Gasteiger partial charge in [0.05, 0.1) is 12.8 Å². The summed E-state index contributed by atoms with van der Waals surface area (Å²) >= 11 is 0. The van der Waals surface area contributed by atoms with Crippen molar-refractivity contribution in [3.63, 3.8) is 0 Å². The molecule has 0 unspecified atom stereocenters. The van der Waals surface area contributed by atoms with Gasteiger partial charge in [-0.05, 0) is 12.8 Å². The van der Waals surface area contributed by atoms with Gasteiger partial charge in [-0.1, -0.05) is 38.1 Å². The first kappa shape index (κ1) is 15.2. The number of ether oxygens (including phenoxy) is 1. The maximum Gasteiger partial charge on any atom is 0.237 e. The third-order valence-electron chi connectivity index (χ3n) is 4.03. The summed E-state index contributed by atoms with van der Waals surface area (Å²) in [6.45, 7) is 4.19. The summed E-state index contributed by atoms with van der Waals surface area (Å²) in [4.78, 5) is 20.4. The highest BCUT2D eigenvalue weighted by atomic mass is 16.5. The Morgan fingerprint density at radius 1 is 1.17 bits per heavy atom. The molecule has 118 valence electrons. The molecule has 0 atom stereocenters. The smallest absolute Gasteiger partial charge is 0.237 e. The van der Waals surface area contributed by atoms with Crippen molar-refractivity contribution in [1.82, 2.24) is 14.4 Å². The van der Waals surface area contributed by atoms with Crippen LogP contribution in [-0.4, -0.2) is 27.8 Å². The minimum Gasteiger partial charge on any atom is -0.481 e. The first-order valence-electron chi connectivity index (χ1n) is 7.72. The fourth-order valence-electron chi connectivity index (χ4n) is 2.95. The van der Waals surface area contributed by atoms with Gasteiger partial charge in [0.1, 0.15) is 0 Å². The molecule has 0 aliphatic carbocycles. The number of aldehydes is 1. The topological polar surface area (TPSA) is 56.5 Å². The Morgan fingerprint density at radius 2 is 1.96 bits per heavy atom. The van der Waals surface area contributed by atoms with E-state index in [0.717, 1.165) is 41.6 Å². The highest BCUT2D eigenvalue weighted by Crippen LogP contribution is 2.27. The second-order valence-electron chi connectivity index (χ2n) is 5.25. The van der Waals surface area contributed by atoms with Gasteiger partial charge in [0.15, 0.2) is 6.29 Å². The molecule has 0 spiro atoms. The number of benzene rings is 1. The second kappa shape index (κ2) is 6.20. The van der Waals surface area contributed by atoms with Crippen molar-refractivity contribution in [2.45, 2.75) is 26.7 Å². The molecule has 0 saturated carbocycles. The van der Waals surface area contributed by atoms with Crippen molar-refractivity contribution in [2.75, 3.05) is 7.11 Å². The van der Waals surface area contributed by atoms with Crippen LogP contribution < -0.4 is 4.74 Å². The number of aromatic nitrogens is 3. The molecular weight excluding hydrogens is 290 g/mol. The molecule has 5 heteroatoms. The Hall–Kier alpha value is -2.69. The molecule has 3 rings (SSSR count). The maximum absolute atomic E-state index is 11.3. The van der Waals surface area contributed by atoms with Gasteiger partial charge >= 0.3 is 0 Å². The molecule has 2 aromatic heterocycles. The van der Waals surface area contributed by atoms with Crippen molar-refractivity contribution in [3.05, 3.63) is 47.3 Å². The summed E-state index contributed by atoms with van der Waals surface area (Å²) < 4.78 is 7.42. The lowest BCUT2D eigenvalue weighted by molar-refractivity contribution is 0.112. The molecule has 0 radical (unpaired) electrons. The van der Waals surface area contributed by atoms with Crippen LogP contribution >= 0.6 is 0 Å². The molecule has 0 aliphatic rings. The zero-order valence-electron chi connectivity index (χ0n) is 13.5. The number of fused-ring (bicyclic) bond motifs is 1. The summed E-state index contributed by atoms with van der Waals surface area (Å²) in [5.74, 6) is 1.21. The van der Waals surface area contributed by atoms with Crippen LogP contribution in [0.4, 0.5) is 0 Å². The number of nitrogens with zero attached hydrogens (tertiary/aromatic N) is 3. The fourth-order valence-corrected chi connectivity index (χ4v) is 2.95. The molecule has 1 aromatic carbocycles. The molecule has 0 amide bonds. The lowest BCUT2D eigenvalue weighted by Crippen LogP contribution is -2.06. The highest BCUT2D eigenvalue weighted by Gasteiger charge is 2.16. The monoisotopic (exact) mass is 309 g/mol. The van der Waals surface area contributed by atoms with Crippen LogP contribution in [0.3, 0.4) is 0 Å². The Bertz CT molecular complexity index is 868. The maximum atomic E-state index is 11.3. The van der Waals surface area contributed by atoms with E-state index in [9.17, 15) is 4.79 Å². The Balaban J connectivity index is 2.28. The number of carbonyl (C=O) groups is 1. The molecule has 3 aromatic rings. The zero-order chi connectivity index (χ0) is 16.4. The predicted molar refractivity (Wildman–Crippen MR) is 89.1 cm³/mol. The van der Waals surface area contributed by atoms with Crippen LogP contribution in [0.1, 0.15) is 35.5 Å². The molecule has 2 heterocycles. The van der Waals surface area contributed by atoms with E-state index in [2.05, 4.69) is 23.8 Å². The summed E-state index contributed by atoms with van der Waals surface area (Å²) in [5.41, 5.74) is 4.40. The van der Waals surface area contributed by atoms with E-state index in [1.807, 2.05) is 28.8 Å². The van der Waals surface area contributed by atoms with E-state index in [4.69, 9.17) is 4.74 Å². The molecule has 0 saturated heterocycles. The number of rotatable bonds is 5. The van der Waals surface area contributed by atoms with Gasteiger partial charge in [-0.25, -0.2) is 4.98 Å². The largest absolute Gasteiger partial charge is 0.481 e. The van der Waals surface area contributed by atoms with Crippen molar-refractivity contribution in [2.24, 2.45) is 0 Å². The van der Waals surface area contributed by atoms with E-state index in [1.54, 1.807) is 13.2 Å². The zero-order valence-corrected chi connectivity index (χ0v) is 13.5. The highest BCUT2D eigenvalue weighted by molar-refractivity contribution is 5.86. The van der Waals surface area contributed by atoms with Crippen LogP contribution in [0.15, 0.2) is 30.5 Å². The summed E-state index contributed by atoms with van der Waals surface area (Å²) in [6, 6.07) is 7.43. The third kappa shape index (κ3) is 2.48. The standard InChI is InChI=1S/C18H19N3O2/c1-4-13-16(5-2)21-10-15(19-18(21)20-17(13)23-3)14-9-7-6-8-12(14)11-22/h6-11H,4-5H2,1-3H3. The number of methoxy groups -OCH3 is 1. The van der Waals surface area contributed by atoms with Crippen molar-refractivity contribution in [1.29, 1.82) is 0 Å². The third-order valence-corrected chi connectivity index (χ3v) is 4.03. The van der Waals surface area contributed by atoms with E-state index in [-0.39, 0.29) is 0 Å². The summed E-state index contributed by atoms with van der Waals surface area (Å²) in [6.07, 6.45) is 4.49. The average Bonchev–Trinajstić information content (AvgIpc) is 3.03. The lowest BCUT2D eigenvalue weighted by Gasteiger charge is -2.12. The van der Waals surface area contributed by atoms with Crippen molar-refractivity contribution >= 4 is 12.1 Å². The van der Waals surface area contributed by atoms with Crippen LogP contribution in [-0.2, 0) is 12.8 Å². The minimum absolute atomic E-state index is 0.589. The molecule has 5 nitrogen and oxygen atoms in total. The van der Waals surface area contributed by atoms with E-state index in [0.29, 0.717) is 17.2 Å². The van der Waals surface area contributed by atoms with E-state index < -0.39 is 0 Å². The summed E-state index contributed by atoms with van der Waals surface area (Å²) in [7, 11) is 1.63. The van der Waals surface area contributed by atoms with Gasteiger partial charge in [-0.15, -0.1) is 0 Å². The molecule has 0 N–H and O–H groups in total. The van der Waals surface area contributed by atoms with Crippen LogP contribution in [0.2, 0.25) is 0 Å². The van der Waals surface area contributed by atoms with Crippen LogP contribution in [0.25, 0.3) is 17.0 Å². The quantitative estimate of drug-likeness (QED) is 0.678. The number of carbonyl (C=O) groups excluding carboxylic acids is 1. The minimum atomic E-state index is 0.589. The van der Waals surface area contributed by atoms with E-state index in [1.165, 1.54) is 0 Å². The number of hydrogen-bond acceptors (Lipinski definition) is 4. The number of imidazole rings is 1. The molecule has 0 aliphatic heterocycles. The van der Waals surface area contributed by atoms with E-state index >= 15 is 0 Å². The van der Waals surface area contributed by atoms with Gasteiger partial charge in [-0.3, -0.25) is 9.20 Å². The van der Waals surface area contributed by atoms with Crippen LogP contribution in [0.5, 0.6) is 5.88 Å². The van der Waals surface area contributed by atoms with Gasteiger partial charge < -0.3 is 4.74 Å². The molecular formula is C18H19N3O2. The number of hydrogen-bond donors (Lipinski definition) is 0. The Kier molecular flexibility index (Phi) is 4.10. The van der Waals surface area contributed by atoms with Crippen LogP contribution in [0, 0.1) is 0 Å². The first-order chi connectivity index (χ1) is 11.2. The normalized spacial score (nSPS) is 10.9. The van der Waals surface area contributed by atoms with Gasteiger partial charge in [0.25, 0.3) is 0 Å².